The minimum atomic E-state index is -0.0277. The molecule has 2 rings (SSSR count). The molecule has 0 saturated carbocycles. The third-order valence-electron chi connectivity index (χ3n) is 4.75. The lowest BCUT2D eigenvalue weighted by molar-refractivity contribution is 0.323. The van der Waals surface area contributed by atoms with Gasteiger partial charge in [-0.25, -0.2) is 0 Å². The molecule has 0 bridgehead atoms. The largest absolute Gasteiger partial charge is 0.493 e. The first-order chi connectivity index (χ1) is 14.4. The normalized spacial score (nSPS) is 11.4. The number of methoxy groups -OCH3 is 5. The van der Waals surface area contributed by atoms with E-state index in [1.54, 1.807) is 35.5 Å². The summed E-state index contributed by atoms with van der Waals surface area (Å²) in [6, 6.07) is 7.73. The van der Waals surface area contributed by atoms with Crippen molar-refractivity contribution in [2.75, 3.05) is 35.5 Å². The van der Waals surface area contributed by atoms with E-state index in [1.807, 2.05) is 31.2 Å². The fourth-order valence-corrected chi connectivity index (χ4v) is 4.09. The van der Waals surface area contributed by atoms with Gasteiger partial charge in [-0.1, -0.05) is 18.3 Å². The Kier molecular flexibility index (Phi) is 9.05. The minimum absolute atomic E-state index is 0.0277. The molecule has 30 heavy (non-hydrogen) atoms. The second kappa shape index (κ2) is 11.3. The standard InChI is InChI=1S/C22H28BrNO5S/c1-13(15-11-17(26-3)21(28-5)18(12-15)27-4)24-19(30)10-8-14-7-9-16(25-2)22(29-6)20(14)23/h7,9,11-13H,8,10H2,1-6H3,(H,24,30). The fourth-order valence-electron chi connectivity index (χ4n) is 3.12. The molecule has 0 aromatic heterocycles. The molecule has 1 N–H and O–H groups in total. The van der Waals surface area contributed by atoms with E-state index in [0.29, 0.717) is 35.2 Å². The predicted octanol–water partition coefficient (Wildman–Crippen LogP) is 5.10. The maximum atomic E-state index is 5.58. The molecule has 0 amide bonds. The summed E-state index contributed by atoms with van der Waals surface area (Å²) >= 11 is 9.19. The van der Waals surface area contributed by atoms with Crippen LogP contribution in [0.3, 0.4) is 0 Å². The lowest BCUT2D eigenvalue weighted by atomic mass is 10.1. The summed E-state index contributed by atoms with van der Waals surface area (Å²) in [7, 11) is 8.03. The number of thiocarbonyl (C=S) groups is 1. The van der Waals surface area contributed by atoms with Crippen LogP contribution in [-0.2, 0) is 6.42 Å². The Balaban J connectivity index is 2.09. The van der Waals surface area contributed by atoms with Crippen molar-refractivity contribution in [1.82, 2.24) is 5.32 Å². The second-order valence-electron chi connectivity index (χ2n) is 6.52. The van der Waals surface area contributed by atoms with Crippen molar-refractivity contribution >= 4 is 33.1 Å². The molecule has 164 valence electrons. The molecule has 6 nitrogen and oxygen atoms in total. The van der Waals surface area contributed by atoms with Crippen LogP contribution in [0.4, 0.5) is 0 Å². The third-order valence-corrected chi connectivity index (χ3v) is 5.94. The summed E-state index contributed by atoms with van der Waals surface area (Å²) in [4.78, 5) is 0.762. The van der Waals surface area contributed by atoms with Gasteiger partial charge in [0.1, 0.15) is 0 Å². The lowest BCUT2D eigenvalue weighted by Crippen LogP contribution is -2.25. The van der Waals surface area contributed by atoms with Crippen molar-refractivity contribution in [3.05, 3.63) is 39.9 Å². The summed E-state index contributed by atoms with van der Waals surface area (Å²) < 4.78 is 27.9. The maximum Gasteiger partial charge on any atom is 0.203 e. The summed E-state index contributed by atoms with van der Waals surface area (Å²) in [5.41, 5.74) is 2.08. The first-order valence-corrected chi connectivity index (χ1v) is 10.6. The van der Waals surface area contributed by atoms with Crippen molar-refractivity contribution in [2.45, 2.75) is 25.8 Å². The zero-order chi connectivity index (χ0) is 22.3. The lowest BCUT2D eigenvalue weighted by Gasteiger charge is -2.20. The molecule has 0 fully saturated rings. The van der Waals surface area contributed by atoms with Gasteiger partial charge in [0.2, 0.25) is 5.75 Å². The van der Waals surface area contributed by atoms with Crippen molar-refractivity contribution < 1.29 is 23.7 Å². The smallest absolute Gasteiger partial charge is 0.203 e. The average Bonchev–Trinajstić information content (AvgIpc) is 2.76. The highest BCUT2D eigenvalue weighted by atomic mass is 79.9. The van der Waals surface area contributed by atoms with Crippen molar-refractivity contribution in [1.29, 1.82) is 0 Å². The number of hydrogen-bond acceptors (Lipinski definition) is 6. The molecule has 2 aromatic carbocycles. The molecule has 2 aromatic rings. The monoisotopic (exact) mass is 497 g/mol. The molecule has 0 heterocycles. The topological polar surface area (TPSA) is 58.2 Å². The van der Waals surface area contributed by atoms with E-state index in [0.717, 1.165) is 27.0 Å². The Morgan fingerprint density at radius 1 is 0.900 bits per heavy atom. The Morgan fingerprint density at radius 2 is 1.47 bits per heavy atom. The van der Waals surface area contributed by atoms with E-state index in [2.05, 4.69) is 21.2 Å². The molecule has 1 atom stereocenters. The Labute approximate surface area is 191 Å². The number of hydrogen-bond donors (Lipinski definition) is 1. The van der Waals surface area contributed by atoms with E-state index >= 15 is 0 Å². The molecule has 0 radical (unpaired) electrons. The number of nitrogens with one attached hydrogen (secondary N) is 1. The Bertz CT molecular complexity index is 865. The number of benzene rings is 2. The van der Waals surface area contributed by atoms with Crippen LogP contribution in [0.1, 0.15) is 30.5 Å². The first kappa shape index (κ1) is 24.1. The van der Waals surface area contributed by atoms with Gasteiger partial charge in [-0.15, -0.1) is 0 Å². The van der Waals surface area contributed by atoms with E-state index in [-0.39, 0.29) is 6.04 Å². The summed E-state index contributed by atoms with van der Waals surface area (Å²) in [6.45, 7) is 2.04. The number of halogens is 1. The van der Waals surface area contributed by atoms with Crippen LogP contribution in [-0.4, -0.2) is 40.5 Å². The Hall–Kier alpha value is -2.19. The van der Waals surface area contributed by atoms with Crippen molar-refractivity contribution in [2.24, 2.45) is 0 Å². The molecule has 1 unspecified atom stereocenters. The molecule has 0 spiro atoms. The van der Waals surface area contributed by atoms with Crippen LogP contribution in [0.5, 0.6) is 28.7 Å². The highest BCUT2D eigenvalue weighted by molar-refractivity contribution is 9.10. The van der Waals surface area contributed by atoms with Gasteiger partial charge in [-0.05, 0) is 58.6 Å². The predicted molar refractivity (Wildman–Crippen MR) is 126 cm³/mol. The minimum Gasteiger partial charge on any atom is -0.493 e. The summed E-state index contributed by atoms with van der Waals surface area (Å²) in [5, 5.41) is 3.39. The van der Waals surface area contributed by atoms with Gasteiger partial charge in [0.15, 0.2) is 23.0 Å². The van der Waals surface area contributed by atoms with Crippen LogP contribution in [0, 0.1) is 0 Å². The van der Waals surface area contributed by atoms with Crippen LogP contribution in [0.15, 0.2) is 28.7 Å². The first-order valence-electron chi connectivity index (χ1n) is 9.38. The van der Waals surface area contributed by atoms with E-state index in [1.165, 1.54) is 0 Å². The number of aryl methyl sites for hydroxylation is 1. The number of rotatable bonds is 10. The van der Waals surface area contributed by atoms with Crippen LogP contribution < -0.4 is 29.0 Å². The number of ether oxygens (including phenoxy) is 5. The van der Waals surface area contributed by atoms with E-state index in [9.17, 15) is 0 Å². The van der Waals surface area contributed by atoms with Crippen molar-refractivity contribution in [3.63, 3.8) is 0 Å². The second-order valence-corrected chi connectivity index (χ2v) is 7.81. The SMILES string of the molecule is COc1cc(C(C)NC(=S)CCc2ccc(OC)c(OC)c2Br)cc(OC)c1OC. The van der Waals surface area contributed by atoms with Crippen LogP contribution in [0.2, 0.25) is 0 Å². The maximum absolute atomic E-state index is 5.58. The van der Waals surface area contributed by atoms with Crippen LogP contribution in [0.25, 0.3) is 0 Å². The zero-order valence-corrected chi connectivity index (χ0v) is 20.5. The highest BCUT2D eigenvalue weighted by Gasteiger charge is 2.17. The Morgan fingerprint density at radius 3 is 1.97 bits per heavy atom. The fraction of sp³-hybridized carbons (Fsp3) is 0.409. The van der Waals surface area contributed by atoms with Gasteiger partial charge in [0, 0.05) is 12.5 Å². The van der Waals surface area contributed by atoms with Gasteiger partial charge in [-0.3, -0.25) is 0 Å². The molecular weight excluding hydrogens is 470 g/mol. The van der Waals surface area contributed by atoms with E-state index in [4.69, 9.17) is 35.9 Å². The molecular formula is C22H28BrNO5S. The molecule has 0 saturated heterocycles. The van der Waals surface area contributed by atoms with Gasteiger partial charge in [-0.2, -0.15) is 0 Å². The van der Waals surface area contributed by atoms with E-state index < -0.39 is 0 Å². The van der Waals surface area contributed by atoms with Gasteiger partial charge in [0.25, 0.3) is 0 Å². The van der Waals surface area contributed by atoms with Crippen LogP contribution >= 0.6 is 28.1 Å². The summed E-state index contributed by atoms with van der Waals surface area (Å²) in [5.74, 6) is 3.16. The quantitative estimate of drug-likeness (QED) is 0.458. The average molecular weight is 498 g/mol. The zero-order valence-electron chi connectivity index (χ0n) is 18.1. The van der Waals surface area contributed by atoms with Gasteiger partial charge in [0.05, 0.1) is 45.0 Å². The third kappa shape index (κ3) is 5.49. The van der Waals surface area contributed by atoms with Gasteiger partial charge >= 0.3 is 0 Å². The van der Waals surface area contributed by atoms with Crippen molar-refractivity contribution in [3.8, 4) is 28.7 Å². The molecule has 0 aliphatic heterocycles. The van der Waals surface area contributed by atoms with Gasteiger partial charge < -0.3 is 29.0 Å². The molecule has 8 heteroatoms. The highest BCUT2D eigenvalue weighted by Crippen LogP contribution is 2.40. The summed E-state index contributed by atoms with van der Waals surface area (Å²) in [6.07, 6.45) is 1.45. The molecule has 0 aliphatic carbocycles. The molecule has 0 aliphatic rings.